The summed E-state index contributed by atoms with van der Waals surface area (Å²) in [6, 6.07) is 2.19. The molecule has 1 unspecified atom stereocenters. The molecule has 0 bridgehead atoms. The van der Waals surface area contributed by atoms with Gasteiger partial charge in [-0.1, -0.05) is 0 Å². The lowest BCUT2D eigenvalue weighted by Gasteiger charge is -2.23. The molecule has 5 heteroatoms. The molecule has 0 radical (unpaired) electrons. The molecular weight excluding hydrogens is 300 g/mol. The number of nitrogens with one attached hydrogen (secondary N) is 2. The van der Waals surface area contributed by atoms with Crippen LogP contribution < -0.4 is 10.6 Å². The third kappa shape index (κ3) is 5.06. The number of thiophene rings is 1. The fourth-order valence-electron chi connectivity index (χ4n) is 1.89. The molecule has 2 heterocycles. The number of morpholine rings is 1. The monoisotopic (exact) mass is 318 g/mol. The quantitative estimate of drug-likeness (QED) is 0.787. The minimum Gasteiger partial charge on any atom is -0.376 e. The van der Waals surface area contributed by atoms with E-state index in [2.05, 4.69) is 38.0 Å². The Bertz CT molecular complexity index is 326. The summed E-state index contributed by atoms with van der Waals surface area (Å²) in [5.74, 6) is 0. The van der Waals surface area contributed by atoms with Crippen LogP contribution in [0.25, 0.3) is 0 Å². The van der Waals surface area contributed by atoms with Crippen molar-refractivity contribution in [2.24, 2.45) is 0 Å². The van der Waals surface area contributed by atoms with Crippen molar-refractivity contribution in [1.29, 1.82) is 0 Å². The smallest absolute Gasteiger partial charge is 0.0712 e. The molecule has 96 valence electrons. The molecule has 1 aromatic rings. The van der Waals surface area contributed by atoms with E-state index < -0.39 is 0 Å². The normalized spacial score (nSPS) is 20.6. The maximum Gasteiger partial charge on any atom is 0.0712 e. The van der Waals surface area contributed by atoms with Gasteiger partial charge in [0.2, 0.25) is 0 Å². The summed E-state index contributed by atoms with van der Waals surface area (Å²) in [4.78, 5) is 1.43. The van der Waals surface area contributed by atoms with Gasteiger partial charge in [0.25, 0.3) is 0 Å². The highest BCUT2D eigenvalue weighted by molar-refractivity contribution is 9.10. The highest BCUT2D eigenvalue weighted by Gasteiger charge is 2.11. The van der Waals surface area contributed by atoms with Gasteiger partial charge in [-0.05, 0) is 47.9 Å². The molecule has 2 N–H and O–H groups in total. The lowest BCUT2D eigenvalue weighted by molar-refractivity contribution is 0.0239. The molecular formula is C12H19BrN2OS. The van der Waals surface area contributed by atoms with Gasteiger partial charge in [-0.25, -0.2) is 0 Å². The van der Waals surface area contributed by atoms with Crippen molar-refractivity contribution in [3.8, 4) is 0 Å². The van der Waals surface area contributed by atoms with E-state index in [0.29, 0.717) is 6.10 Å². The van der Waals surface area contributed by atoms with Gasteiger partial charge in [0, 0.05) is 27.8 Å². The van der Waals surface area contributed by atoms with Crippen LogP contribution >= 0.6 is 27.3 Å². The molecule has 1 fully saturated rings. The second-order valence-corrected chi connectivity index (χ2v) is 6.13. The summed E-state index contributed by atoms with van der Waals surface area (Å²) in [6.07, 6.45) is 2.60. The Hall–Kier alpha value is 0.0600. The van der Waals surface area contributed by atoms with Gasteiger partial charge in [0.15, 0.2) is 0 Å². The average molecular weight is 319 g/mol. The highest BCUT2D eigenvalue weighted by atomic mass is 79.9. The van der Waals surface area contributed by atoms with Crippen molar-refractivity contribution in [3.63, 3.8) is 0 Å². The van der Waals surface area contributed by atoms with Gasteiger partial charge in [-0.2, -0.15) is 0 Å². The third-order valence-corrected chi connectivity index (χ3v) is 4.57. The third-order valence-electron chi connectivity index (χ3n) is 2.82. The van der Waals surface area contributed by atoms with Crippen molar-refractivity contribution >= 4 is 27.3 Å². The zero-order valence-electron chi connectivity index (χ0n) is 9.88. The van der Waals surface area contributed by atoms with E-state index in [1.807, 2.05) is 11.3 Å². The molecule has 0 aromatic carbocycles. The van der Waals surface area contributed by atoms with Gasteiger partial charge in [0.05, 0.1) is 12.7 Å². The summed E-state index contributed by atoms with van der Waals surface area (Å²) in [5, 5.41) is 8.96. The van der Waals surface area contributed by atoms with Crippen molar-refractivity contribution in [1.82, 2.24) is 10.6 Å². The predicted molar refractivity (Wildman–Crippen MR) is 75.8 cm³/mol. The number of hydrogen-bond acceptors (Lipinski definition) is 4. The Morgan fingerprint density at radius 1 is 1.53 bits per heavy atom. The molecule has 3 nitrogen and oxygen atoms in total. The molecule has 0 aliphatic carbocycles. The Kier molecular flexibility index (Phi) is 5.94. The van der Waals surface area contributed by atoms with Crippen molar-refractivity contribution in [2.75, 3.05) is 32.8 Å². The molecule has 0 saturated carbocycles. The average Bonchev–Trinajstić information content (AvgIpc) is 2.76. The van der Waals surface area contributed by atoms with E-state index in [1.165, 1.54) is 9.35 Å². The second-order valence-electron chi connectivity index (χ2n) is 4.22. The lowest BCUT2D eigenvalue weighted by atomic mass is 10.2. The molecule has 1 aliphatic rings. The zero-order valence-corrected chi connectivity index (χ0v) is 12.3. The summed E-state index contributed by atoms with van der Waals surface area (Å²) < 4.78 is 6.83. The molecule has 1 aromatic heterocycles. The maximum absolute atomic E-state index is 5.64. The number of rotatable bonds is 6. The highest BCUT2D eigenvalue weighted by Crippen LogP contribution is 2.19. The van der Waals surface area contributed by atoms with Crippen LogP contribution in [-0.4, -0.2) is 38.9 Å². The fraction of sp³-hybridized carbons (Fsp3) is 0.667. The molecule has 1 atom stereocenters. The minimum atomic E-state index is 0.395. The van der Waals surface area contributed by atoms with E-state index in [0.717, 1.165) is 45.6 Å². The summed E-state index contributed by atoms with van der Waals surface area (Å²) >= 11 is 5.29. The van der Waals surface area contributed by atoms with Gasteiger partial charge in [0.1, 0.15) is 0 Å². The molecule has 1 saturated heterocycles. The van der Waals surface area contributed by atoms with E-state index in [9.17, 15) is 0 Å². The van der Waals surface area contributed by atoms with E-state index in [4.69, 9.17) is 4.74 Å². The molecule has 0 amide bonds. The first kappa shape index (κ1) is 13.5. The molecule has 1 aliphatic heterocycles. The Morgan fingerprint density at radius 3 is 3.18 bits per heavy atom. The van der Waals surface area contributed by atoms with E-state index >= 15 is 0 Å². The van der Waals surface area contributed by atoms with Gasteiger partial charge in [-0.15, -0.1) is 11.3 Å². The van der Waals surface area contributed by atoms with E-state index in [1.54, 1.807) is 0 Å². The fourth-order valence-corrected chi connectivity index (χ4v) is 3.34. The topological polar surface area (TPSA) is 33.3 Å². The SMILES string of the molecule is Brc1csc(CCNCCC2CNCCO2)c1. The summed E-state index contributed by atoms with van der Waals surface area (Å²) in [7, 11) is 0. The van der Waals surface area contributed by atoms with Crippen molar-refractivity contribution in [3.05, 3.63) is 20.8 Å². The Morgan fingerprint density at radius 2 is 2.47 bits per heavy atom. The number of halogens is 1. The predicted octanol–water partition coefficient (Wildman–Crippen LogP) is 2.02. The van der Waals surface area contributed by atoms with Crippen LogP contribution in [0, 0.1) is 0 Å². The Labute approximate surface area is 115 Å². The first-order chi connectivity index (χ1) is 8.34. The largest absolute Gasteiger partial charge is 0.376 e. The van der Waals surface area contributed by atoms with Crippen LogP contribution in [0.2, 0.25) is 0 Å². The zero-order chi connectivity index (χ0) is 11.9. The van der Waals surface area contributed by atoms with Crippen LogP contribution in [0.3, 0.4) is 0 Å². The van der Waals surface area contributed by atoms with Gasteiger partial charge >= 0.3 is 0 Å². The van der Waals surface area contributed by atoms with Gasteiger partial charge in [-0.3, -0.25) is 0 Å². The second kappa shape index (κ2) is 7.48. The van der Waals surface area contributed by atoms with Crippen LogP contribution in [0.4, 0.5) is 0 Å². The number of ether oxygens (including phenoxy) is 1. The van der Waals surface area contributed by atoms with Crippen LogP contribution in [-0.2, 0) is 11.2 Å². The van der Waals surface area contributed by atoms with Gasteiger partial charge < -0.3 is 15.4 Å². The van der Waals surface area contributed by atoms with Crippen molar-refractivity contribution in [2.45, 2.75) is 18.9 Å². The standard InChI is InChI=1S/C12H19BrN2OS/c13-10-7-12(17-9-10)2-4-14-3-1-11-8-15-5-6-16-11/h7,9,11,14-15H,1-6,8H2. The molecule has 2 rings (SSSR count). The molecule has 17 heavy (non-hydrogen) atoms. The first-order valence-electron chi connectivity index (χ1n) is 6.10. The lowest BCUT2D eigenvalue weighted by Crippen LogP contribution is -2.40. The van der Waals surface area contributed by atoms with Crippen LogP contribution in [0.5, 0.6) is 0 Å². The summed E-state index contributed by atoms with van der Waals surface area (Å²) in [6.45, 7) is 4.94. The minimum absolute atomic E-state index is 0.395. The van der Waals surface area contributed by atoms with Crippen molar-refractivity contribution < 1.29 is 4.74 Å². The Balaban J connectivity index is 1.51. The molecule has 0 spiro atoms. The number of hydrogen-bond donors (Lipinski definition) is 2. The first-order valence-corrected chi connectivity index (χ1v) is 7.78. The van der Waals surface area contributed by atoms with Crippen LogP contribution in [0.1, 0.15) is 11.3 Å². The maximum atomic E-state index is 5.64. The van der Waals surface area contributed by atoms with E-state index in [-0.39, 0.29) is 0 Å². The van der Waals surface area contributed by atoms with Crippen LogP contribution in [0.15, 0.2) is 15.9 Å². The summed E-state index contributed by atoms with van der Waals surface area (Å²) in [5.41, 5.74) is 0.